The van der Waals surface area contributed by atoms with Crippen LogP contribution in [0.3, 0.4) is 0 Å². The van der Waals surface area contributed by atoms with Crippen LogP contribution in [0.15, 0.2) is 122 Å². The van der Waals surface area contributed by atoms with Crippen molar-refractivity contribution in [3.8, 4) is 0 Å². The molecule has 1 fully saturated rings. The summed E-state index contributed by atoms with van der Waals surface area (Å²) in [4.78, 5) is 35.8. The molecular weight excluding hydrogens is 868 g/mol. The molecule has 1 aliphatic carbocycles. The first-order chi connectivity index (χ1) is 31.8. The van der Waals surface area contributed by atoms with Gasteiger partial charge in [-0.25, -0.2) is 4.57 Å². The van der Waals surface area contributed by atoms with E-state index in [1.165, 1.54) is 0 Å². The van der Waals surface area contributed by atoms with Crippen LogP contribution in [0, 0.1) is 0 Å². The number of esters is 2. The molecule has 0 spiro atoms. The predicted octanol–water partition coefficient (Wildman–Crippen LogP) is 8.36. The first-order valence-electron chi connectivity index (χ1n) is 23.4. The number of phosphoric acid groups is 1. The molecule has 0 aromatic heterocycles. The van der Waals surface area contributed by atoms with E-state index >= 15 is 0 Å². The van der Waals surface area contributed by atoms with Crippen molar-refractivity contribution in [2.45, 2.75) is 172 Å². The number of phosphoric ester groups is 1. The van der Waals surface area contributed by atoms with E-state index in [9.17, 15) is 49.7 Å². The number of rotatable bonds is 36. The zero-order valence-electron chi connectivity index (χ0n) is 39.0. The molecule has 0 aromatic carbocycles. The Morgan fingerprint density at radius 3 is 1.52 bits per heavy atom. The Kier molecular flexibility index (Phi) is 35.8. The molecular formula is C51H79O14P. The molecule has 1 rings (SSSR count). The van der Waals surface area contributed by atoms with E-state index < -0.39 is 81.8 Å². The van der Waals surface area contributed by atoms with E-state index in [0.717, 1.165) is 77.0 Å². The lowest BCUT2D eigenvalue weighted by molar-refractivity contribution is -0.220. The minimum atomic E-state index is -5.19. The number of hydrogen-bond acceptors (Lipinski definition) is 13. The minimum absolute atomic E-state index is 0.00821. The summed E-state index contributed by atoms with van der Waals surface area (Å²) in [6.07, 6.45) is 38.4. The van der Waals surface area contributed by atoms with Gasteiger partial charge in [0.25, 0.3) is 0 Å². The van der Waals surface area contributed by atoms with Crippen LogP contribution >= 0.6 is 7.82 Å². The van der Waals surface area contributed by atoms with Crippen LogP contribution in [0.2, 0.25) is 0 Å². The summed E-state index contributed by atoms with van der Waals surface area (Å²) in [6, 6.07) is 0. The van der Waals surface area contributed by atoms with Crippen molar-refractivity contribution >= 4 is 19.8 Å². The minimum Gasteiger partial charge on any atom is -0.462 e. The van der Waals surface area contributed by atoms with Crippen LogP contribution in [0.4, 0.5) is 0 Å². The van der Waals surface area contributed by atoms with Gasteiger partial charge in [-0.3, -0.25) is 18.6 Å². The van der Waals surface area contributed by atoms with Crippen LogP contribution < -0.4 is 0 Å². The average Bonchev–Trinajstić information content (AvgIpc) is 3.29. The van der Waals surface area contributed by atoms with Gasteiger partial charge >= 0.3 is 19.8 Å². The highest BCUT2D eigenvalue weighted by Crippen LogP contribution is 2.47. The van der Waals surface area contributed by atoms with Crippen LogP contribution in [-0.4, -0.2) is 110 Å². The zero-order valence-corrected chi connectivity index (χ0v) is 39.9. The standard InChI is InChI=1S/C51H79O14P/c1-3-5-7-9-11-13-15-17-18-19-20-21-22-24-26-28-30-32-34-38-45(54)64-43(41-63-66(60,61)65-51-49(58)47(56)46(55)48(57)50(51)59)40-62-44(53)39-35-37-42(52)36-33-31-29-27-25-23-16-14-12-10-8-6-4-2/h5-8,11-14,17-18,20-21,23-26,29,31,33,36,42-43,46-52,55-59H,3-4,9-10,15-16,19,22,27-28,30,32,34-35,37-41H2,1-2H3,(H,60,61)/b7-5-,8-6-,13-11-,14-12-,18-17-,21-20-,25-23-,26-24-,31-29-,36-33+/t42?,43-,46?,47-,48+,49-,50-,51?/m1/s1. The van der Waals surface area contributed by atoms with Gasteiger partial charge in [0.05, 0.1) is 12.7 Å². The molecule has 0 bridgehead atoms. The summed E-state index contributed by atoms with van der Waals surface area (Å²) in [5.74, 6) is -1.36. The second-order valence-corrected chi connectivity index (χ2v) is 17.1. The predicted molar refractivity (Wildman–Crippen MR) is 259 cm³/mol. The van der Waals surface area contributed by atoms with Crippen LogP contribution in [0.5, 0.6) is 0 Å². The summed E-state index contributed by atoms with van der Waals surface area (Å²) in [5.41, 5.74) is 0. The van der Waals surface area contributed by atoms with Crippen molar-refractivity contribution in [3.05, 3.63) is 122 Å². The Balaban J connectivity index is 2.58. The van der Waals surface area contributed by atoms with Gasteiger partial charge in [0.1, 0.15) is 43.2 Å². The fraction of sp³-hybridized carbons (Fsp3) is 0.569. The highest BCUT2D eigenvalue weighted by molar-refractivity contribution is 7.47. The Bertz CT molecular complexity index is 1630. The number of allylic oxidation sites excluding steroid dienone is 19. The summed E-state index contributed by atoms with van der Waals surface area (Å²) in [6.45, 7) is 2.85. The van der Waals surface area contributed by atoms with E-state index in [2.05, 4.69) is 111 Å². The molecule has 0 radical (unpaired) electrons. The molecule has 0 amide bonds. The van der Waals surface area contributed by atoms with E-state index in [0.29, 0.717) is 6.42 Å². The normalized spacial score (nSPS) is 22.9. The van der Waals surface area contributed by atoms with Crippen LogP contribution in [-0.2, 0) is 32.7 Å². The number of aliphatic hydroxyl groups excluding tert-OH is 6. The number of carbonyl (C=O) groups excluding carboxylic acids is 2. The molecule has 9 atom stereocenters. The van der Waals surface area contributed by atoms with Crippen molar-refractivity contribution in [1.29, 1.82) is 0 Å². The lowest BCUT2D eigenvalue weighted by Gasteiger charge is -2.41. The molecule has 4 unspecified atom stereocenters. The quantitative estimate of drug-likeness (QED) is 0.0103. The van der Waals surface area contributed by atoms with Gasteiger partial charge in [-0.2, -0.15) is 0 Å². The highest BCUT2D eigenvalue weighted by Gasteiger charge is 2.51. The van der Waals surface area contributed by atoms with Crippen molar-refractivity contribution in [2.75, 3.05) is 13.2 Å². The molecule has 1 aliphatic rings. The fourth-order valence-electron chi connectivity index (χ4n) is 6.16. The summed E-state index contributed by atoms with van der Waals surface area (Å²) in [7, 11) is -5.19. The second-order valence-electron chi connectivity index (χ2n) is 15.7. The molecule has 0 aromatic rings. The summed E-state index contributed by atoms with van der Waals surface area (Å²) >= 11 is 0. The Labute approximate surface area is 393 Å². The largest absolute Gasteiger partial charge is 0.472 e. The van der Waals surface area contributed by atoms with E-state index in [1.54, 1.807) is 12.2 Å². The van der Waals surface area contributed by atoms with Gasteiger partial charge in [-0.1, -0.05) is 142 Å². The average molecular weight is 947 g/mol. The third kappa shape index (κ3) is 31.2. The number of hydrogen-bond donors (Lipinski definition) is 7. The SMILES string of the molecule is CC/C=C\C/C=C\C/C=C\C/C=C\C=C\C(O)CCCC(=O)OC[C@H](COP(=O)(O)OC1[C@H](O)[C@H](O)C(O)[C@H](O)[C@H]1O)OC(=O)CCCCC/C=C\C/C=C\C/C=C\C/C=C\C/C=C\CC. The molecule has 1 saturated carbocycles. The third-order valence-corrected chi connectivity index (χ3v) is 10.9. The molecule has 7 N–H and O–H groups in total. The lowest BCUT2D eigenvalue weighted by atomic mass is 9.85. The molecule has 0 heterocycles. The zero-order chi connectivity index (χ0) is 48.7. The molecule has 372 valence electrons. The summed E-state index contributed by atoms with van der Waals surface area (Å²) < 4.78 is 33.4. The van der Waals surface area contributed by atoms with Gasteiger partial charge in [-0.15, -0.1) is 0 Å². The monoisotopic (exact) mass is 947 g/mol. The first kappa shape index (κ1) is 60.2. The fourth-order valence-corrected chi connectivity index (χ4v) is 7.14. The van der Waals surface area contributed by atoms with Crippen LogP contribution in [0.25, 0.3) is 0 Å². The Morgan fingerprint density at radius 1 is 0.545 bits per heavy atom. The van der Waals surface area contributed by atoms with Gasteiger partial charge in [0.2, 0.25) is 0 Å². The summed E-state index contributed by atoms with van der Waals surface area (Å²) in [5, 5.41) is 60.5. The topological polar surface area (TPSA) is 230 Å². The number of unbranched alkanes of at least 4 members (excludes halogenated alkanes) is 3. The van der Waals surface area contributed by atoms with Crippen molar-refractivity contribution in [1.82, 2.24) is 0 Å². The molecule has 0 saturated heterocycles. The van der Waals surface area contributed by atoms with Gasteiger partial charge < -0.3 is 45.0 Å². The smallest absolute Gasteiger partial charge is 0.462 e. The second kappa shape index (κ2) is 39.2. The van der Waals surface area contributed by atoms with Crippen molar-refractivity contribution in [2.24, 2.45) is 0 Å². The number of aliphatic hydroxyl groups is 6. The van der Waals surface area contributed by atoms with E-state index in [-0.39, 0.29) is 25.7 Å². The maximum atomic E-state index is 12.8. The Morgan fingerprint density at radius 2 is 1.00 bits per heavy atom. The molecule has 66 heavy (non-hydrogen) atoms. The molecule has 14 nitrogen and oxygen atoms in total. The first-order valence-corrected chi connectivity index (χ1v) is 24.9. The Hall–Kier alpha value is -3.79. The maximum absolute atomic E-state index is 12.8. The maximum Gasteiger partial charge on any atom is 0.472 e. The van der Waals surface area contributed by atoms with E-state index in [1.807, 2.05) is 12.2 Å². The van der Waals surface area contributed by atoms with Crippen molar-refractivity contribution < 1.29 is 68.2 Å². The van der Waals surface area contributed by atoms with Gasteiger partial charge in [0, 0.05) is 12.8 Å². The number of ether oxygens (including phenoxy) is 2. The molecule has 0 aliphatic heterocycles. The number of carbonyl (C=O) groups is 2. The van der Waals surface area contributed by atoms with Gasteiger partial charge in [0.15, 0.2) is 6.10 Å². The molecule has 15 heteroatoms. The third-order valence-electron chi connectivity index (χ3n) is 9.90. The van der Waals surface area contributed by atoms with Crippen molar-refractivity contribution in [3.63, 3.8) is 0 Å². The lowest BCUT2D eigenvalue weighted by Crippen LogP contribution is -2.64. The van der Waals surface area contributed by atoms with Crippen LogP contribution in [0.1, 0.15) is 123 Å². The van der Waals surface area contributed by atoms with Gasteiger partial charge in [-0.05, 0) is 89.9 Å². The van der Waals surface area contributed by atoms with E-state index in [4.69, 9.17) is 18.5 Å². The highest BCUT2D eigenvalue weighted by atomic mass is 31.2.